The number of amides is 2. The molecule has 1 aromatic carbocycles. The first-order chi connectivity index (χ1) is 9.06. The van der Waals surface area contributed by atoms with Crippen LogP contribution in [0.15, 0.2) is 28.7 Å². The Morgan fingerprint density at radius 3 is 2.79 bits per heavy atom. The summed E-state index contributed by atoms with van der Waals surface area (Å²) in [6.07, 6.45) is 2.37. The quantitative estimate of drug-likeness (QED) is 0.871. The van der Waals surface area contributed by atoms with Gasteiger partial charge in [0.15, 0.2) is 0 Å². The molecule has 0 radical (unpaired) electrons. The SMILES string of the molecule is CC(NC(=O)CNC(=O)c1cccc(Br)c1)C1CC1. The summed E-state index contributed by atoms with van der Waals surface area (Å²) in [5.74, 6) is 0.239. The van der Waals surface area contributed by atoms with E-state index in [-0.39, 0.29) is 24.4 Å². The van der Waals surface area contributed by atoms with Crippen LogP contribution in [0.25, 0.3) is 0 Å². The van der Waals surface area contributed by atoms with E-state index < -0.39 is 0 Å². The second-order valence-corrected chi connectivity index (χ2v) is 5.80. The maximum atomic E-state index is 11.8. The van der Waals surface area contributed by atoms with Crippen LogP contribution in [0, 0.1) is 5.92 Å². The molecule has 1 aliphatic rings. The Bertz CT molecular complexity index is 486. The van der Waals surface area contributed by atoms with Gasteiger partial charge in [0.25, 0.3) is 5.91 Å². The van der Waals surface area contributed by atoms with Crippen molar-refractivity contribution in [3.63, 3.8) is 0 Å². The fourth-order valence-electron chi connectivity index (χ4n) is 1.91. The lowest BCUT2D eigenvalue weighted by Crippen LogP contribution is -2.41. The molecule has 5 heteroatoms. The van der Waals surface area contributed by atoms with Crippen LogP contribution in [0.1, 0.15) is 30.1 Å². The second kappa shape index (κ2) is 6.19. The third-order valence-corrected chi connectivity index (χ3v) is 3.71. The van der Waals surface area contributed by atoms with Crippen molar-refractivity contribution in [3.8, 4) is 0 Å². The zero-order chi connectivity index (χ0) is 13.8. The van der Waals surface area contributed by atoms with Crippen molar-refractivity contribution < 1.29 is 9.59 Å². The molecular formula is C14H17BrN2O2. The molecule has 2 N–H and O–H groups in total. The van der Waals surface area contributed by atoms with Gasteiger partial charge in [0.2, 0.25) is 5.91 Å². The van der Waals surface area contributed by atoms with Crippen molar-refractivity contribution in [3.05, 3.63) is 34.3 Å². The number of rotatable bonds is 5. The van der Waals surface area contributed by atoms with E-state index in [0.717, 1.165) is 4.47 Å². The Morgan fingerprint density at radius 1 is 1.42 bits per heavy atom. The topological polar surface area (TPSA) is 58.2 Å². The van der Waals surface area contributed by atoms with E-state index in [2.05, 4.69) is 26.6 Å². The zero-order valence-corrected chi connectivity index (χ0v) is 12.4. The summed E-state index contributed by atoms with van der Waals surface area (Å²) in [6.45, 7) is 2.02. The first kappa shape index (κ1) is 14.1. The van der Waals surface area contributed by atoms with Crippen LogP contribution in [0.5, 0.6) is 0 Å². The molecule has 0 bridgehead atoms. The van der Waals surface area contributed by atoms with E-state index in [9.17, 15) is 9.59 Å². The standard InChI is InChI=1S/C14H17BrN2O2/c1-9(10-5-6-10)17-13(18)8-16-14(19)11-3-2-4-12(15)7-11/h2-4,7,9-10H,5-6,8H2,1H3,(H,16,19)(H,17,18). The van der Waals surface area contributed by atoms with Gasteiger partial charge in [-0.15, -0.1) is 0 Å². The maximum Gasteiger partial charge on any atom is 0.251 e. The van der Waals surface area contributed by atoms with Gasteiger partial charge in [-0.25, -0.2) is 0 Å². The number of halogens is 1. The van der Waals surface area contributed by atoms with Crippen molar-refractivity contribution in [1.82, 2.24) is 10.6 Å². The van der Waals surface area contributed by atoms with Crippen LogP contribution >= 0.6 is 15.9 Å². The van der Waals surface area contributed by atoms with Crippen LogP contribution in [0.2, 0.25) is 0 Å². The summed E-state index contributed by atoms with van der Waals surface area (Å²) in [5, 5.41) is 5.52. The largest absolute Gasteiger partial charge is 0.352 e. The van der Waals surface area contributed by atoms with Crippen LogP contribution in [-0.2, 0) is 4.79 Å². The minimum atomic E-state index is -0.240. The molecule has 102 valence electrons. The molecule has 0 saturated heterocycles. The van der Waals surface area contributed by atoms with Crippen LogP contribution < -0.4 is 10.6 Å². The fraction of sp³-hybridized carbons (Fsp3) is 0.429. The summed E-state index contributed by atoms with van der Waals surface area (Å²) in [6, 6.07) is 7.27. The first-order valence-electron chi connectivity index (χ1n) is 6.39. The summed E-state index contributed by atoms with van der Waals surface area (Å²) >= 11 is 3.31. The van der Waals surface area contributed by atoms with E-state index >= 15 is 0 Å². The number of hydrogen-bond acceptors (Lipinski definition) is 2. The second-order valence-electron chi connectivity index (χ2n) is 4.89. The third-order valence-electron chi connectivity index (χ3n) is 3.21. The molecule has 1 aromatic rings. The minimum Gasteiger partial charge on any atom is -0.352 e. The van der Waals surface area contributed by atoms with Crippen molar-refractivity contribution in [2.75, 3.05) is 6.54 Å². The van der Waals surface area contributed by atoms with Gasteiger partial charge in [-0.3, -0.25) is 9.59 Å². The Morgan fingerprint density at radius 2 is 2.16 bits per heavy atom. The van der Waals surface area contributed by atoms with Crippen LogP contribution in [-0.4, -0.2) is 24.4 Å². The predicted octanol–water partition coefficient (Wildman–Crippen LogP) is 2.09. The van der Waals surface area contributed by atoms with Crippen molar-refractivity contribution in [2.24, 2.45) is 5.92 Å². The van der Waals surface area contributed by atoms with Gasteiger partial charge in [-0.05, 0) is 43.9 Å². The molecule has 4 nitrogen and oxygen atoms in total. The van der Waals surface area contributed by atoms with Gasteiger partial charge < -0.3 is 10.6 Å². The molecule has 1 atom stereocenters. The average Bonchev–Trinajstić information content (AvgIpc) is 3.20. The molecule has 0 aliphatic heterocycles. The summed E-state index contributed by atoms with van der Waals surface area (Å²) in [4.78, 5) is 23.5. The monoisotopic (exact) mass is 324 g/mol. The van der Waals surface area contributed by atoms with Gasteiger partial charge >= 0.3 is 0 Å². The Hall–Kier alpha value is -1.36. The molecule has 1 aliphatic carbocycles. The Labute approximate surface area is 121 Å². The van der Waals surface area contributed by atoms with E-state index in [1.165, 1.54) is 12.8 Å². The highest BCUT2D eigenvalue weighted by atomic mass is 79.9. The number of hydrogen-bond donors (Lipinski definition) is 2. The lowest BCUT2D eigenvalue weighted by Gasteiger charge is -2.13. The van der Waals surface area contributed by atoms with Crippen LogP contribution in [0.4, 0.5) is 0 Å². The lowest BCUT2D eigenvalue weighted by molar-refractivity contribution is -0.120. The van der Waals surface area contributed by atoms with E-state index in [0.29, 0.717) is 11.5 Å². The first-order valence-corrected chi connectivity index (χ1v) is 7.18. The van der Waals surface area contributed by atoms with Gasteiger partial charge in [0, 0.05) is 16.1 Å². The highest BCUT2D eigenvalue weighted by Crippen LogP contribution is 2.32. The van der Waals surface area contributed by atoms with E-state index in [4.69, 9.17) is 0 Å². The highest BCUT2D eigenvalue weighted by molar-refractivity contribution is 9.10. The molecule has 1 saturated carbocycles. The van der Waals surface area contributed by atoms with Crippen molar-refractivity contribution >= 4 is 27.7 Å². The van der Waals surface area contributed by atoms with Gasteiger partial charge in [-0.1, -0.05) is 22.0 Å². The highest BCUT2D eigenvalue weighted by Gasteiger charge is 2.28. The lowest BCUT2D eigenvalue weighted by atomic mass is 10.2. The molecular weight excluding hydrogens is 308 g/mol. The van der Waals surface area contributed by atoms with Gasteiger partial charge in [0.1, 0.15) is 0 Å². The Kier molecular flexibility index (Phi) is 4.58. The maximum absolute atomic E-state index is 11.8. The molecule has 2 amide bonds. The number of nitrogens with one attached hydrogen (secondary N) is 2. The Balaban J connectivity index is 1.78. The third kappa shape index (κ3) is 4.35. The van der Waals surface area contributed by atoms with Gasteiger partial charge in [0.05, 0.1) is 6.54 Å². The smallest absolute Gasteiger partial charge is 0.251 e. The molecule has 0 spiro atoms. The predicted molar refractivity (Wildman–Crippen MR) is 76.8 cm³/mol. The molecule has 19 heavy (non-hydrogen) atoms. The average molecular weight is 325 g/mol. The van der Waals surface area contributed by atoms with Crippen molar-refractivity contribution in [2.45, 2.75) is 25.8 Å². The molecule has 2 rings (SSSR count). The minimum absolute atomic E-state index is 0.0163. The molecule has 0 aromatic heterocycles. The molecule has 1 unspecified atom stereocenters. The fourth-order valence-corrected chi connectivity index (χ4v) is 2.31. The van der Waals surface area contributed by atoms with Crippen molar-refractivity contribution in [1.29, 1.82) is 0 Å². The summed E-state index contributed by atoms with van der Waals surface area (Å²) in [7, 11) is 0. The number of benzene rings is 1. The number of carbonyl (C=O) groups is 2. The summed E-state index contributed by atoms with van der Waals surface area (Å²) < 4.78 is 0.840. The summed E-state index contributed by atoms with van der Waals surface area (Å²) in [5.41, 5.74) is 0.539. The van der Waals surface area contributed by atoms with E-state index in [1.807, 2.05) is 13.0 Å². The van der Waals surface area contributed by atoms with E-state index in [1.54, 1.807) is 18.2 Å². The molecule has 0 heterocycles. The zero-order valence-electron chi connectivity index (χ0n) is 10.8. The normalized spacial score (nSPS) is 15.7. The van der Waals surface area contributed by atoms with Gasteiger partial charge in [-0.2, -0.15) is 0 Å². The molecule has 1 fully saturated rings. The van der Waals surface area contributed by atoms with Crippen LogP contribution in [0.3, 0.4) is 0 Å². The number of carbonyl (C=O) groups excluding carboxylic acids is 2.